The van der Waals surface area contributed by atoms with Crippen molar-refractivity contribution in [1.82, 2.24) is 0 Å². The third kappa shape index (κ3) is 4.30. The predicted octanol–water partition coefficient (Wildman–Crippen LogP) is 4.81. The van der Waals surface area contributed by atoms with E-state index in [0.717, 1.165) is 44.8 Å². The van der Waals surface area contributed by atoms with Crippen LogP contribution >= 0.6 is 0 Å². The highest BCUT2D eigenvalue weighted by atomic mass is 16.5. The molecule has 0 bridgehead atoms. The number of hydrogen-bond donors (Lipinski definition) is 0. The molecule has 3 aromatic rings. The van der Waals surface area contributed by atoms with E-state index in [2.05, 4.69) is 88.7 Å². The highest BCUT2D eigenvalue weighted by Gasteiger charge is 2.23. The Labute approximate surface area is 168 Å². The molecule has 0 aliphatic carbocycles. The zero-order chi connectivity index (χ0) is 19.2. The average Bonchev–Trinajstić information content (AvgIpc) is 2.77. The molecule has 0 aromatic heterocycles. The van der Waals surface area contributed by atoms with Crippen molar-refractivity contribution in [2.45, 2.75) is 12.8 Å². The summed E-state index contributed by atoms with van der Waals surface area (Å²) in [6.45, 7) is 4.16. The van der Waals surface area contributed by atoms with Crippen LogP contribution in [0.1, 0.15) is 11.1 Å². The molecule has 1 aliphatic rings. The minimum atomic E-state index is 0.924. The Hall–Kier alpha value is -2.94. The molecule has 0 saturated heterocycles. The lowest BCUT2D eigenvalue weighted by molar-refractivity contribution is 0.414. The minimum Gasteiger partial charge on any atom is -0.497 e. The van der Waals surface area contributed by atoms with Gasteiger partial charge in [0.15, 0.2) is 0 Å². The van der Waals surface area contributed by atoms with Gasteiger partial charge in [0.25, 0.3) is 0 Å². The molecule has 0 fully saturated rings. The van der Waals surface area contributed by atoms with Gasteiger partial charge in [0.1, 0.15) is 5.75 Å². The van der Waals surface area contributed by atoms with Gasteiger partial charge in [-0.15, -0.1) is 0 Å². The first-order valence-electron chi connectivity index (χ1n) is 10.1. The highest BCUT2D eigenvalue weighted by Crippen LogP contribution is 2.36. The summed E-state index contributed by atoms with van der Waals surface area (Å²) in [4.78, 5) is 5.02. The van der Waals surface area contributed by atoms with Crippen LogP contribution in [0.15, 0.2) is 78.9 Å². The summed E-state index contributed by atoms with van der Waals surface area (Å²) >= 11 is 0. The molecule has 0 saturated carbocycles. The first-order valence-corrected chi connectivity index (χ1v) is 10.1. The monoisotopic (exact) mass is 372 g/mol. The van der Waals surface area contributed by atoms with Crippen LogP contribution in [0.2, 0.25) is 0 Å². The Morgan fingerprint density at radius 2 is 1.21 bits per heavy atom. The van der Waals surface area contributed by atoms with Gasteiger partial charge in [-0.2, -0.15) is 0 Å². The Bertz CT molecular complexity index is 880. The lowest BCUT2D eigenvalue weighted by Crippen LogP contribution is -2.42. The van der Waals surface area contributed by atoms with Gasteiger partial charge in [-0.05, 0) is 36.1 Å². The number of rotatable bonds is 7. The lowest BCUT2D eigenvalue weighted by Gasteiger charge is -2.39. The van der Waals surface area contributed by atoms with Crippen LogP contribution in [-0.2, 0) is 12.8 Å². The van der Waals surface area contributed by atoms with Gasteiger partial charge in [0.05, 0.1) is 18.5 Å². The van der Waals surface area contributed by atoms with Crippen molar-refractivity contribution in [2.75, 3.05) is 43.1 Å². The Kier molecular flexibility index (Phi) is 5.81. The molecule has 3 heteroatoms. The minimum absolute atomic E-state index is 0.924. The molecule has 28 heavy (non-hydrogen) atoms. The van der Waals surface area contributed by atoms with E-state index >= 15 is 0 Å². The third-order valence-corrected chi connectivity index (χ3v) is 5.53. The van der Waals surface area contributed by atoms with E-state index in [4.69, 9.17) is 4.74 Å². The van der Waals surface area contributed by atoms with Crippen LogP contribution in [-0.4, -0.2) is 33.3 Å². The zero-order valence-corrected chi connectivity index (χ0v) is 16.6. The summed E-state index contributed by atoms with van der Waals surface area (Å²) in [5.74, 6) is 0.924. The van der Waals surface area contributed by atoms with Gasteiger partial charge in [0.2, 0.25) is 0 Å². The topological polar surface area (TPSA) is 15.7 Å². The smallest absolute Gasteiger partial charge is 0.121 e. The Balaban J connectivity index is 1.50. The van der Waals surface area contributed by atoms with E-state index in [1.807, 2.05) is 0 Å². The summed E-state index contributed by atoms with van der Waals surface area (Å²) in [5.41, 5.74) is 5.38. The van der Waals surface area contributed by atoms with Crippen molar-refractivity contribution in [2.24, 2.45) is 0 Å². The molecule has 0 spiro atoms. The Morgan fingerprint density at radius 1 is 0.679 bits per heavy atom. The van der Waals surface area contributed by atoms with Crippen LogP contribution in [0.4, 0.5) is 11.4 Å². The molecular weight excluding hydrogens is 344 g/mol. The fraction of sp³-hybridized carbons (Fsp3) is 0.280. The number of methoxy groups -OCH3 is 1. The second kappa shape index (κ2) is 8.83. The highest BCUT2D eigenvalue weighted by molar-refractivity contribution is 5.75. The fourth-order valence-electron chi connectivity index (χ4n) is 3.92. The number of ether oxygens (including phenoxy) is 1. The summed E-state index contributed by atoms with van der Waals surface area (Å²) in [6, 6.07) is 28.0. The first kappa shape index (κ1) is 18.4. The van der Waals surface area contributed by atoms with Crippen LogP contribution in [0.25, 0.3) is 0 Å². The average molecular weight is 373 g/mol. The Morgan fingerprint density at radius 3 is 1.75 bits per heavy atom. The predicted molar refractivity (Wildman–Crippen MR) is 118 cm³/mol. The van der Waals surface area contributed by atoms with Crippen molar-refractivity contribution in [1.29, 1.82) is 0 Å². The third-order valence-electron chi connectivity index (χ3n) is 5.53. The van der Waals surface area contributed by atoms with Crippen LogP contribution in [0, 0.1) is 0 Å². The molecule has 4 rings (SSSR count). The zero-order valence-electron chi connectivity index (χ0n) is 16.6. The second-order valence-corrected chi connectivity index (χ2v) is 7.30. The molecule has 0 radical (unpaired) electrons. The van der Waals surface area contributed by atoms with E-state index in [-0.39, 0.29) is 0 Å². The second-order valence-electron chi connectivity index (χ2n) is 7.30. The molecule has 1 aliphatic heterocycles. The van der Waals surface area contributed by atoms with E-state index < -0.39 is 0 Å². The van der Waals surface area contributed by atoms with E-state index in [0.29, 0.717) is 0 Å². The summed E-state index contributed by atoms with van der Waals surface area (Å²) in [5, 5.41) is 0. The molecule has 0 atom stereocenters. The largest absolute Gasteiger partial charge is 0.497 e. The molecule has 1 heterocycles. The molecular formula is C25H28N2O. The van der Waals surface area contributed by atoms with Crippen LogP contribution in [0.3, 0.4) is 0 Å². The van der Waals surface area contributed by atoms with Crippen molar-refractivity contribution in [3.05, 3.63) is 90.0 Å². The quantitative estimate of drug-likeness (QED) is 0.592. The SMILES string of the molecule is COc1ccc2c(c1)N(CCc1ccccc1)CCN2CCc1ccccc1. The van der Waals surface area contributed by atoms with Gasteiger partial charge < -0.3 is 14.5 Å². The number of anilines is 2. The van der Waals surface area contributed by atoms with E-state index in [9.17, 15) is 0 Å². The standard InChI is InChI=1S/C25H28N2O/c1-28-23-12-13-24-25(20-23)27(17-15-22-10-6-3-7-11-22)19-18-26(24)16-14-21-8-4-2-5-9-21/h2-13,20H,14-19H2,1H3. The number of hydrogen-bond acceptors (Lipinski definition) is 3. The summed E-state index contributed by atoms with van der Waals surface area (Å²) in [7, 11) is 1.74. The van der Waals surface area contributed by atoms with Gasteiger partial charge in [-0.3, -0.25) is 0 Å². The number of nitrogens with zero attached hydrogens (tertiary/aromatic N) is 2. The number of benzene rings is 3. The maximum absolute atomic E-state index is 5.51. The molecule has 3 nitrogen and oxygen atoms in total. The maximum atomic E-state index is 5.51. The molecule has 0 unspecified atom stereocenters. The fourth-order valence-corrected chi connectivity index (χ4v) is 3.92. The lowest BCUT2D eigenvalue weighted by atomic mass is 10.1. The van der Waals surface area contributed by atoms with E-state index in [1.165, 1.54) is 22.5 Å². The first-order chi connectivity index (χ1) is 13.8. The summed E-state index contributed by atoms with van der Waals surface area (Å²) < 4.78 is 5.51. The van der Waals surface area contributed by atoms with Gasteiger partial charge in [0, 0.05) is 32.2 Å². The number of fused-ring (bicyclic) bond motifs is 1. The maximum Gasteiger partial charge on any atom is 0.121 e. The summed E-state index contributed by atoms with van der Waals surface area (Å²) in [6.07, 6.45) is 2.12. The van der Waals surface area contributed by atoms with Crippen molar-refractivity contribution in [3.63, 3.8) is 0 Å². The van der Waals surface area contributed by atoms with Crippen molar-refractivity contribution in [3.8, 4) is 5.75 Å². The molecule has 0 amide bonds. The van der Waals surface area contributed by atoms with Gasteiger partial charge in [-0.25, -0.2) is 0 Å². The van der Waals surface area contributed by atoms with E-state index in [1.54, 1.807) is 7.11 Å². The van der Waals surface area contributed by atoms with Gasteiger partial charge >= 0.3 is 0 Å². The van der Waals surface area contributed by atoms with Crippen molar-refractivity contribution < 1.29 is 4.74 Å². The molecule has 0 N–H and O–H groups in total. The van der Waals surface area contributed by atoms with Crippen LogP contribution in [0.5, 0.6) is 5.75 Å². The molecule has 3 aromatic carbocycles. The molecule has 144 valence electrons. The normalized spacial score (nSPS) is 13.3. The van der Waals surface area contributed by atoms with Crippen molar-refractivity contribution >= 4 is 11.4 Å². The van der Waals surface area contributed by atoms with Crippen LogP contribution < -0.4 is 14.5 Å². The van der Waals surface area contributed by atoms with Gasteiger partial charge in [-0.1, -0.05) is 60.7 Å².